The van der Waals surface area contributed by atoms with Gasteiger partial charge in [-0.15, -0.1) is 0 Å². The Morgan fingerprint density at radius 3 is 1.10 bits per heavy atom. The van der Waals surface area contributed by atoms with Crippen LogP contribution in [0.2, 0.25) is 19.6 Å². The molecule has 6 aromatic carbocycles. The molecule has 328 valence electrons. The van der Waals surface area contributed by atoms with E-state index in [1.54, 1.807) is 14.2 Å². The van der Waals surface area contributed by atoms with Crippen LogP contribution in [0.5, 0.6) is 0 Å². The van der Waals surface area contributed by atoms with Crippen LogP contribution in [0, 0.1) is 0 Å². The van der Waals surface area contributed by atoms with Crippen LogP contribution in [0.15, 0.2) is 142 Å². The zero-order valence-corrected chi connectivity index (χ0v) is 46.0. The van der Waals surface area contributed by atoms with Crippen molar-refractivity contribution in [1.29, 1.82) is 0 Å². The Bertz CT molecular complexity index is 2360. The fraction of sp³-hybridized carbons (Fsp3) is 0.367. The summed E-state index contributed by atoms with van der Waals surface area (Å²) in [4.78, 5) is 1.82. The average molecular weight is 974 g/mol. The molecule has 0 saturated heterocycles. The molecule has 1 heterocycles. The fourth-order valence-corrected chi connectivity index (χ4v) is 44.9. The monoisotopic (exact) mass is 974 g/mol. The van der Waals surface area contributed by atoms with Crippen molar-refractivity contribution in [3.8, 4) is 22.3 Å². The summed E-state index contributed by atoms with van der Waals surface area (Å²) in [6, 6.07) is 53.7. The van der Waals surface area contributed by atoms with Crippen LogP contribution in [0.4, 0.5) is 0 Å². The molecule has 0 bridgehead atoms. The van der Waals surface area contributed by atoms with Crippen molar-refractivity contribution >= 4 is 49.3 Å². The zero-order valence-electron chi connectivity index (χ0n) is 41.3. The van der Waals surface area contributed by atoms with Crippen LogP contribution < -0.4 is 14.2 Å². The van der Waals surface area contributed by atoms with E-state index in [4.69, 9.17) is 0 Å². The molecule has 0 nitrogen and oxygen atoms in total. The Hall–Kier alpha value is -3.49. The minimum absolute atomic E-state index is 0.380. The van der Waals surface area contributed by atoms with E-state index < -0.39 is 35.1 Å². The molecule has 0 unspecified atom stereocenters. The van der Waals surface area contributed by atoms with Crippen LogP contribution >= 0.6 is 7.26 Å². The van der Waals surface area contributed by atoms with Crippen LogP contribution in [-0.4, -0.2) is 27.8 Å². The molecule has 0 aliphatic carbocycles. The zero-order chi connectivity index (χ0) is 45.5. The van der Waals surface area contributed by atoms with Gasteiger partial charge in [-0.3, -0.25) is 0 Å². The molecule has 0 amide bonds. The van der Waals surface area contributed by atoms with E-state index in [0.717, 1.165) is 0 Å². The molecule has 0 radical (unpaired) electrons. The molecule has 7 rings (SSSR count). The molecule has 0 spiro atoms. The number of hydrogen-bond acceptors (Lipinski definition) is 0. The molecule has 0 saturated carbocycles. The summed E-state index contributed by atoms with van der Waals surface area (Å²) in [7, 11) is -4.18. The Balaban J connectivity index is 1.77. The van der Waals surface area contributed by atoms with Gasteiger partial charge in [0.1, 0.15) is 0 Å². The molecular formula is C60H75PSiSn. The molecule has 3 heteroatoms. The van der Waals surface area contributed by atoms with E-state index in [9.17, 15) is 0 Å². The topological polar surface area (TPSA) is 0 Å². The number of hydrogen-bond donors (Lipinski definition) is 0. The summed E-state index contributed by atoms with van der Waals surface area (Å²) in [5.41, 5.74) is 16.5. The second-order valence-corrected chi connectivity index (χ2v) is 38.1. The van der Waals surface area contributed by atoms with Crippen molar-refractivity contribution in [1.82, 2.24) is 0 Å². The molecule has 0 fully saturated rings. The van der Waals surface area contributed by atoms with Crippen molar-refractivity contribution < 1.29 is 0 Å². The van der Waals surface area contributed by atoms with E-state index in [0.29, 0.717) is 39.2 Å². The molecule has 0 N–H and O–H groups in total. The predicted molar refractivity (Wildman–Crippen MR) is 287 cm³/mol. The van der Waals surface area contributed by atoms with Gasteiger partial charge in [0.25, 0.3) is 0 Å². The van der Waals surface area contributed by atoms with Crippen molar-refractivity contribution in [3.63, 3.8) is 0 Å². The van der Waals surface area contributed by atoms with Crippen LogP contribution in [-0.2, 0) is 0 Å². The third kappa shape index (κ3) is 8.95. The maximum atomic E-state index is 3.08. The van der Waals surface area contributed by atoms with Crippen molar-refractivity contribution in [3.05, 3.63) is 181 Å². The number of rotatable bonds is 13. The summed E-state index contributed by atoms with van der Waals surface area (Å²) in [6.45, 7) is 36.9. The summed E-state index contributed by atoms with van der Waals surface area (Å²) in [5, 5.41) is 3.10. The second kappa shape index (κ2) is 19.2. The molecule has 0 aromatic heterocycles. The van der Waals surface area contributed by atoms with Crippen molar-refractivity contribution in [2.45, 2.75) is 142 Å². The van der Waals surface area contributed by atoms with Gasteiger partial charge in [0.05, 0.1) is 0 Å². The van der Waals surface area contributed by atoms with Crippen molar-refractivity contribution in [2.24, 2.45) is 0 Å². The van der Waals surface area contributed by atoms with E-state index in [-0.39, 0.29) is 0 Å². The summed E-state index contributed by atoms with van der Waals surface area (Å²) >= 11 is -3.12. The number of benzene rings is 6. The predicted octanol–water partition coefficient (Wildman–Crippen LogP) is 16.7. The van der Waals surface area contributed by atoms with Gasteiger partial charge in [0, 0.05) is 0 Å². The van der Waals surface area contributed by atoms with Gasteiger partial charge in [-0.25, -0.2) is 0 Å². The van der Waals surface area contributed by atoms with Gasteiger partial charge in [-0.1, -0.05) is 0 Å². The summed E-state index contributed by atoms with van der Waals surface area (Å²) in [6.07, 6.45) is 0. The van der Waals surface area contributed by atoms with E-state index in [1.807, 2.05) is 4.94 Å². The van der Waals surface area contributed by atoms with Gasteiger partial charge in [-0.2, -0.15) is 0 Å². The minimum atomic E-state index is -3.12. The first-order chi connectivity index (χ1) is 29.9. The van der Waals surface area contributed by atoms with Gasteiger partial charge in [0.15, 0.2) is 0 Å². The Morgan fingerprint density at radius 1 is 0.429 bits per heavy atom. The molecule has 1 aliphatic rings. The Labute approximate surface area is 392 Å². The Morgan fingerprint density at radius 2 is 0.778 bits per heavy atom. The maximum absolute atomic E-state index is 3.12. The second-order valence-electron chi connectivity index (χ2n) is 21.2. The molecule has 63 heavy (non-hydrogen) atoms. The molecule has 6 aromatic rings. The van der Waals surface area contributed by atoms with E-state index >= 15 is 0 Å². The van der Waals surface area contributed by atoms with Gasteiger partial charge < -0.3 is 0 Å². The van der Waals surface area contributed by atoms with Crippen molar-refractivity contribution in [2.75, 3.05) is 0 Å². The first-order valence-electron chi connectivity index (χ1n) is 24.0. The van der Waals surface area contributed by atoms with Gasteiger partial charge in [-0.05, 0) is 0 Å². The van der Waals surface area contributed by atoms with E-state index in [1.165, 1.54) is 61.2 Å². The molecular weight excluding hydrogens is 898 g/mol. The van der Waals surface area contributed by atoms with Crippen LogP contribution in [0.1, 0.15) is 161 Å². The third-order valence-electron chi connectivity index (χ3n) is 13.7. The van der Waals surface area contributed by atoms with E-state index in [2.05, 4.69) is 240 Å². The quantitative estimate of drug-likeness (QED) is 0.0799. The molecule has 1 aliphatic heterocycles. The standard InChI is InChI=1S/C36H49.C24H26PSi.Sn/c1-21(2)29-17-31(23(5)6)35(32(18-29)24(7)8)27-14-13-15-28(16-27)36-33(25(9)10)19-30(22(3)4)20-34(36)26(11)12;1-21(26(2,3)4)25(23-16-10-6-11-17-23,24-18-12-7-13-19-24)20-22-14-8-5-9-15-22;/h13-15,17-26H,1-12H3;1,5-20H,2-4H3;/q;+1;-1. The Kier molecular flexibility index (Phi) is 14.4. The first kappa shape index (κ1) is 47.5. The molecule has 1 atom stereocenters. The normalized spacial score (nSPS) is 15.5. The fourth-order valence-electron chi connectivity index (χ4n) is 10.5. The SMILES string of the molecule is CC(C)c1cc(C(C)C)c(-c2cccc(-c3c(C(C)C)cc(C(C)C)cc3C(C)C)[c]2[Sn-]2[CH]=C([Si](C)(C)C)[P+](c3ccccc3)(c3ccccc3)[C@@H]2c2ccccc2)c(C(C)C)c1. The van der Waals surface area contributed by atoms with Crippen LogP contribution in [0.25, 0.3) is 22.3 Å². The van der Waals surface area contributed by atoms with Crippen LogP contribution in [0.3, 0.4) is 0 Å². The summed E-state index contributed by atoms with van der Waals surface area (Å²) < 4.78 is 5.19. The van der Waals surface area contributed by atoms with Gasteiger partial charge in [0.2, 0.25) is 0 Å². The third-order valence-corrected chi connectivity index (χ3v) is 36.9. The summed E-state index contributed by atoms with van der Waals surface area (Å²) in [5.74, 6) is 2.44. The average Bonchev–Trinajstić information content (AvgIpc) is 3.63. The first-order valence-corrected chi connectivity index (χ1v) is 34.1. The van der Waals surface area contributed by atoms with Gasteiger partial charge >= 0.3 is 395 Å².